The van der Waals surface area contributed by atoms with Crippen LogP contribution in [-0.4, -0.2) is 42.8 Å². The molecule has 1 atom stereocenters. The third-order valence-electron chi connectivity index (χ3n) is 3.76. The Morgan fingerprint density at radius 2 is 2.17 bits per heavy atom. The van der Waals surface area contributed by atoms with Crippen LogP contribution in [0.4, 0.5) is 10.5 Å². The summed E-state index contributed by atoms with van der Waals surface area (Å²) in [5.74, 6) is 0. The summed E-state index contributed by atoms with van der Waals surface area (Å²) in [5, 5.41) is 6.39. The summed E-state index contributed by atoms with van der Waals surface area (Å²) < 4.78 is 5.25. The molecule has 0 aromatic heterocycles. The molecule has 5 nitrogen and oxygen atoms in total. The molecule has 2 N–H and O–H groups in total. The lowest BCUT2D eigenvalue weighted by Gasteiger charge is -2.31. The Morgan fingerprint density at radius 1 is 1.39 bits per heavy atom. The molecule has 1 aromatic carbocycles. The van der Waals surface area contributed by atoms with Gasteiger partial charge in [0.25, 0.3) is 0 Å². The molecule has 1 saturated heterocycles. The second kappa shape index (κ2) is 7.68. The van der Waals surface area contributed by atoms with Gasteiger partial charge < -0.3 is 20.3 Å². The number of hydrogen-bond donors (Lipinski definition) is 2. The van der Waals surface area contributed by atoms with E-state index in [0.29, 0.717) is 12.6 Å². The Labute approximate surface area is 139 Å². The fourth-order valence-electron chi connectivity index (χ4n) is 2.78. The van der Waals surface area contributed by atoms with Crippen molar-refractivity contribution in [2.24, 2.45) is 0 Å². The summed E-state index contributed by atoms with van der Waals surface area (Å²) in [5.41, 5.74) is 1.69. The third kappa shape index (κ3) is 6.48. The number of likely N-dealkylation sites (N-methyl/N-ethyl adjacent to an activating group) is 1. The van der Waals surface area contributed by atoms with Gasteiger partial charge in [-0.3, -0.25) is 0 Å². The van der Waals surface area contributed by atoms with Gasteiger partial charge in [-0.05, 0) is 64.9 Å². The van der Waals surface area contributed by atoms with Crippen molar-refractivity contribution in [3.8, 4) is 0 Å². The van der Waals surface area contributed by atoms with Crippen molar-refractivity contribution in [3.63, 3.8) is 0 Å². The number of anilines is 1. The summed E-state index contributed by atoms with van der Waals surface area (Å²) in [6.45, 7) is 8.29. The Hall–Kier alpha value is -1.75. The van der Waals surface area contributed by atoms with Crippen LogP contribution in [0.1, 0.15) is 39.2 Å². The molecule has 1 amide bonds. The third-order valence-corrected chi connectivity index (χ3v) is 3.76. The minimum Gasteiger partial charge on any atom is -0.444 e. The molecule has 0 spiro atoms. The van der Waals surface area contributed by atoms with Crippen LogP contribution in [-0.2, 0) is 11.3 Å². The predicted molar refractivity (Wildman–Crippen MR) is 93.7 cm³/mol. The number of ether oxygens (including phenoxy) is 1. The number of alkyl carbamates (subject to hydrolysis) is 1. The smallest absolute Gasteiger partial charge is 0.407 e. The minimum atomic E-state index is -0.472. The molecular weight excluding hydrogens is 290 g/mol. The Balaban J connectivity index is 1.86. The number of rotatable bonds is 4. The molecule has 1 aliphatic rings. The number of benzene rings is 1. The summed E-state index contributed by atoms with van der Waals surface area (Å²) in [4.78, 5) is 14.1. The largest absolute Gasteiger partial charge is 0.444 e. The van der Waals surface area contributed by atoms with Crippen molar-refractivity contribution in [3.05, 3.63) is 29.8 Å². The molecule has 23 heavy (non-hydrogen) atoms. The highest BCUT2D eigenvalue weighted by atomic mass is 16.6. The number of carbonyl (C=O) groups is 1. The van der Waals surface area contributed by atoms with Crippen molar-refractivity contribution < 1.29 is 9.53 Å². The summed E-state index contributed by atoms with van der Waals surface area (Å²) in [6.07, 6.45) is 2.04. The molecule has 1 aromatic rings. The zero-order valence-corrected chi connectivity index (χ0v) is 14.7. The number of nitrogens with zero attached hydrogens (tertiary/aromatic N) is 1. The monoisotopic (exact) mass is 319 g/mol. The number of likely N-dealkylation sites (tertiary alicyclic amines) is 1. The fourth-order valence-corrected chi connectivity index (χ4v) is 2.78. The van der Waals surface area contributed by atoms with Crippen LogP contribution >= 0.6 is 0 Å². The Kier molecular flexibility index (Phi) is 5.88. The van der Waals surface area contributed by atoms with Gasteiger partial charge in [0.2, 0.25) is 0 Å². The first kappa shape index (κ1) is 17.6. The summed E-state index contributed by atoms with van der Waals surface area (Å²) in [6, 6.07) is 8.68. The van der Waals surface area contributed by atoms with Crippen LogP contribution in [0.3, 0.4) is 0 Å². The van der Waals surface area contributed by atoms with E-state index in [1.807, 2.05) is 32.9 Å². The zero-order valence-electron chi connectivity index (χ0n) is 14.7. The molecule has 128 valence electrons. The number of piperidine rings is 1. The van der Waals surface area contributed by atoms with Crippen molar-refractivity contribution in [1.82, 2.24) is 10.2 Å². The average Bonchev–Trinajstić information content (AvgIpc) is 2.44. The topological polar surface area (TPSA) is 53.6 Å². The van der Waals surface area contributed by atoms with Crippen LogP contribution in [0.5, 0.6) is 0 Å². The standard InChI is InChI=1S/C18H29N3O2/c1-18(2,3)23-17(22)19-12-14-7-5-8-15(11-14)20-16-9-6-10-21(4)13-16/h5,7-8,11,16,20H,6,9-10,12-13H2,1-4H3,(H,19,22). The molecule has 2 rings (SSSR count). The van der Waals surface area contributed by atoms with Crippen LogP contribution in [0.2, 0.25) is 0 Å². The molecule has 1 aliphatic heterocycles. The lowest BCUT2D eigenvalue weighted by molar-refractivity contribution is 0.0523. The SMILES string of the molecule is CN1CCCC(Nc2cccc(CNC(=O)OC(C)(C)C)c2)C1. The lowest BCUT2D eigenvalue weighted by Crippen LogP contribution is -2.39. The highest BCUT2D eigenvalue weighted by Crippen LogP contribution is 2.17. The first-order valence-electron chi connectivity index (χ1n) is 8.33. The number of nitrogens with one attached hydrogen (secondary N) is 2. The van der Waals surface area contributed by atoms with E-state index < -0.39 is 5.60 Å². The quantitative estimate of drug-likeness (QED) is 0.895. The van der Waals surface area contributed by atoms with Gasteiger partial charge in [-0.25, -0.2) is 4.79 Å². The van der Waals surface area contributed by atoms with Crippen LogP contribution in [0.25, 0.3) is 0 Å². The van der Waals surface area contributed by atoms with Gasteiger partial charge in [0.1, 0.15) is 5.60 Å². The van der Waals surface area contributed by atoms with Crippen molar-refractivity contribution in [2.45, 2.75) is 51.8 Å². The predicted octanol–water partition coefficient (Wildman–Crippen LogP) is 3.22. The molecule has 5 heteroatoms. The van der Waals surface area contributed by atoms with E-state index in [4.69, 9.17) is 4.74 Å². The maximum atomic E-state index is 11.7. The number of amides is 1. The lowest BCUT2D eigenvalue weighted by atomic mass is 10.1. The summed E-state index contributed by atoms with van der Waals surface area (Å²) in [7, 11) is 2.16. The molecule has 1 fully saturated rings. The first-order valence-corrected chi connectivity index (χ1v) is 8.33. The van der Waals surface area contributed by atoms with Gasteiger partial charge >= 0.3 is 6.09 Å². The maximum Gasteiger partial charge on any atom is 0.407 e. The van der Waals surface area contributed by atoms with E-state index in [0.717, 1.165) is 17.8 Å². The van der Waals surface area contributed by atoms with E-state index >= 15 is 0 Å². The molecular formula is C18H29N3O2. The molecule has 0 radical (unpaired) electrons. The number of hydrogen-bond acceptors (Lipinski definition) is 4. The van der Waals surface area contributed by atoms with Gasteiger partial charge in [-0.15, -0.1) is 0 Å². The first-order chi connectivity index (χ1) is 10.8. The molecule has 0 aliphatic carbocycles. The second-order valence-corrected chi connectivity index (χ2v) is 7.30. The Bertz CT molecular complexity index is 525. The van der Waals surface area contributed by atoms with E-state index in [9.17, 15) is 4.79 Å². The van der Waals surface area contributed by atoms with E-state index in [1.54, 1.807) is 0 Å². The fraction of sp³-hybridized carbons (Fsp3) is 0.611. The van der Waals surface area contributed by atoms with Gasteiger partial charge in [-0.1, -0.05) is 12.1 Å². The maximum absolute atomic E-state index is 11.7. The van der Waals surface area contributed by atoms with Crippen LogP contribution in [0.15, 0.2) is 24.3 Å². The van der Waals surface area contributed by atoms with Gasteiger partial charge in [0.15, 0.2) is 0 Å². The highest BCUT2D eigenvalue weighted by Gasteiger charge is 2.17. The van der Waals surface area contributed by atoms with Crippen LogP contribution < -0.4 is 10.6 Å². The minimum absolute atomic E-state index is 0.384. The van der Waals surface area contributed by atoms with Crippen LogP contribution in [0, 0.1) is 0 Å². The molecule has 0 saturated carbocycles. The Morgan fingerprint density at radius 3 is 2.87 bits per heavy atom. The summed E-state index contributed by atoms with van der Waals surface area (Å²) >= 11 is 0. The van der Waals surface area contributed by atoms with Gasteiger partial charge in [0.05, 0.1) is 0 Å². The van der Waals surface area contributed by atoms with E-state index in [2.05, 4.69) is 34.7 Å². The van der Waals surface area contributed by atoms with Crippen molar-refractivity contribution in [1.29, 1.82) is 0 Å². The van der Waals surface area contributed by atoms with E-state index in [1.165, 1.54) is 19.4 Å². The zero-order chi connectivity index (χ0) is 16.9. The second-order valence-electron chi connectivity index (χ2n) is 7.30. The van der Waals surface area contributed by atoms with Gasteiger partial charge in [-0.2, -0.15) is 0 Å². The van der Waals surface area contributed by atoms with Gasteiger partial charge in [0, 0.05) is 24.8 Å². The molecule has 0 bridgehead atoms. The highest BCUT2D eigenvalue weighted by molar-refractivity contribution is 5.67. The average molecular weight is 319 g/mol. The van der Waals surface area contributed by atoms with Crippen molar-refractivity contribution >= 4 is 11.8 Å². The van der Waals surface area contributed by atoms with E-state index in [-0.39, 0.29) is 6.09 Å². The van der Waals surface area contributed by atoms with Crippen molar-refractivity contribution in [2.75, 3.05) is 25.5 Å². The normalized spacial score (nSPS) is 19.2. The number of carbonyl (C=O) groups excluding carboxylic acids is 1. The molecule has 1 unspecified atom stereocenters. The molecule has 1 heterocycles.